The second-order valence-electron chi connectivity index (χ2n) is 3.67. The normalized spacial score (nSPS) is 10.6. The number of carbonyl (C=O) groups is 1. The highest BCUT2D eigenvalue weighted by Crippen LogP contribution is 2.25. The average Bonchev–Trinajstić information content (AvgIpc) is 2.87. The van der Waals surface area contributed by atoms with Gasteiger partial charge in [0.2, 0.25) is 0 Å². The summed E-state index contributed by atoms with van der Waals surface area (Å²) >= 11 is 1.63. The van der Waals surface area contributed by atoms with Gasteiger partial charge in [0.05, 0.1) is 5.69 Å². The van der Waals surface area contributed by atoms with E-state index in [9.17, 15) is 4.79 Å². The van der Waals surface area contributed by atoms with Crippen LogP contribution in [-0.2, 0) is 6.54 Å². The highest BCUT2D eigenvalue weighted by molar-refractivity contribution is 7.98. The molecule has 5 nitrogen and oxygen atoms in total. The molecule has 0 radical (unpaired) electrons. The summed E-state index contributed by atoms with van der Waals surface area (Å²) in [6.45, 7) is 0.415. The maximum absolute atomic E-state index is 11.0. The Morgan fingerprint density at radius 3 is 2.78 bits per heavy atom. The first-order valence-corrected chi connectivity index (χ1v) is 6.61. The van der Waals surface area contributed by atoms with Crippen LogP contribution in [-0.4, -0.2) is 21.9 Å². The van der Waals surface area contributed by atoms with Gasteiger partial charge in [-0.05, 0) is 24.5 Å². The Labute approximate surface area is 109 Å². The molecule has 18 heavy (non-hydrogen) atoms. The van der Waals surface area contributed by atoms with Gasteiger partial charge in [0.1, 0.15) is 5.69 Å². The molecule has 2 aromatic rings. The molecule has 0 bridgehead atoms. The van der Waals surface area contributed by atoms with Gasteiger partial charge >= 0.3 is 0 Å². The van der Waals surface area contributed by atoms with Crippen molar-refractivity contribution < 1.29 is 4.79 Å². The Morgan fingerprint density at radius 2 is 2.22 bits per heavy atom. The first-order chi connectivity index (χ1) is 8.67. The van der Waals surface area contributed by atoms with Gasteiger partial charge in [-0.2, -0.15) is 5.10 Å². The molecule has 1 heterocycles. The smallest absolute Gasteiger partial charge is 0.269 e. The predicted octanol–water partition coefficient (Wildman–Crippen LogP) is 1.15. The lowest BCUT2D eigenvalue weighted by molar-refractivity contribution is 0.0995. The zero-order valence-corrected chi connectivity index (χ0v) is 10.8. The van der Waals surface area contributed by atoms with Crippen LogP contribution in [0.5, 0.6) is 0 Å². The molecule has 1 amide bonds. The van der Waals surface area contributed by atoms with Gasteiger partial charge < -0.3 is 11.5 Å². The quantitative estimate of drug-likeness (QED) is 0.809. The summed E-state index contributed by atoms with van der Waals surface area (Å²) in [7, 11) is 0. The third-order valence-electron chi connectivity index (χ3n) is 2.62. The van der Waals surface area contributed by atoms with E-state index in [2.05, 4.69) is 5.10 Å². The minimum atomic E-state index is -0.538. The van der Waals surface area contributed by atoms with Crippen molar-refractivity contribution in [3.63, 3.8) is 0 Å². The van der Waals surface area contributed by atoms with Crippen molar-refractivity contribution in [2.24, 2.45) is 11.5 Å². The monoisotopic (exact) mass is 262 g/mol. The maximum atomic E-state index is 11.0. The molecule has 0 aliphatic carbocycles. The first kappa shape index (κ1) is 12.7. The van der Waals surface area contributed by atoms with E-state index in [-0.39, 0.29) is 5.69 Å². The zero-order valence-electron chi connectivity index (χ0n) is 9.96. The first-order valence-electron chi connectivity index (χ1n) is 5.39. The van der Waals surface area contributed by atoms with Crippen molar-refractivity contribution in [1.82, 2.24) is 9.78 Å². The number of nitrogens with zero attached hydrogens (tertiary/aromatic N) is 2. The predicted molar refractivity (Wildman–Crippen MR) is 71.8 cm³/mol. The van der Waals surface area contributed by atoms with Crippen molar-refractivity contribution in [2.75, 3.05) is 6.26 Å². The van der Waals surface area contributed by atoms with E-state index in [0.29, 0.717) is 6.54 Å². The molecule has 0 aliphatic rings. The lowest BCUT2D eigenvalue weighted by atomic mass is 10.2. The van der Waals surface area contributed by atoms with Gasteiger partial charge in [-0.1, -0.05) is 6.07 Å². The van der Waals surface area contributed by atoms with Crippen LogP contribution in [0.2, 0.25) is 0 Å². The van der Waals surface area contributed by atoms with Crippen molar-refractivity contribution >= 4 is 17.7 Å². The van der Waals surface area contributed by atoms with Crippen molar-refractivity contribution in [1.29, 1.82) is 0 Å². The number of hydrogen-bond donors (Lipinski definition) is 2. The molecule has 0 spiro atoms. The summed E-state index contributed by atoms with van der Waals surface area (Å²) in [5.74, 6) is -0.538. The SMILES string of the molecule is CSc1cccc(-n2ccc(C(N)=O)n2)c1CN. The summed E-state index contributed by atoms with van der Waals surface area (Å²) in [6.07, 6.45) is 3.70. The largest absolute Gasteiger partial charge is 0.364 e. The highest BCUT2D eigenvalue weighted by atomic mass is 32.2. The topological polar surface area (TPSA) is 86.9 Å². The molecule has 0 aliphatic heterocycles. The average molecular weight is 262 g/mol. The van der Waals surface area contributed by atoms with E-state index < -0.39 is 5.91 Å². The second-order valence-corrected chi connectivity index (χ2v) is 4.52. The lowest BCUT2D eigenvalue weighted by Crippen LogP contribution is -2.13. The van der Waals surface area contributed by atoms with E-state index in [0.717, 1.165) is 16.1 Å². The van der Waals surface area contributed by atoms with Crippen molar-refractivity contribution in [3.05, 3.63) is 41.7 Å². The number of hydrogen-bond acceptors (Lipinski definition) is 4. The number of rotatable bonds is 4. The minimum absolute atomic E-state index is 0.243. The Hall–Kier alpha value is -1.79. The Kier molecular flexibility index (Phi) is 3.69. The summed E-state index contributed by atoms with van der Waals surface area (Å²) in [6, 6.07) is 7.45. The third kappa shape index (κ3) is 2.25. The Balaban J connectivity index is 2.52. The fraction of sp³-hybridized carbons (Fsp3) is 0.167. The molecule has 0 saturated heterocycles. The summed E-state index contributed by atoms with van der Waals surface area (Å²) < 4.78 is 1.63. The van der Waals surface area contributed by atoms with Crippen LogP contribution < -0.4 is 11.5 Å². The molecule has 1 aromatic carbocycles. The molecule has 2 rings (SSSR count). The van der Waals surface area contributed by atoms with E-state index in [1.807, 2.05) is 24.5 Å². The van der Waals surface area contributed by atoms with E-state index in [1.165, 1.54) is 0 Å². The molecule has 0 atom stereocenters. The van der Waals surface area contributed by atoms with Crippen LogP contribution in [0.4, 0.5) is 0 Å². The number of carbonyl (C=O) groups excluding carboxylic acids is 1. The Morgan fingerprint density at radius 1 is 1.44 bits per heavy atom. The molecule has 0 unspecified atom stereocenters. The molecular weight excluding hydrogens is 248 g/mol. The highest BCUT2D eigenvalue weighted by Gasteiger charge is 2.11. The standard InChI is InChI=1S/C12H14N4OS/c1-18-11-4-2-3-10(8(11)7-13)16-6-5-9(15-16)12(14)17/h2-6H,7,13H2,1H3,(H2,14,17). The molecule has 6 heteroatoms. The van der Waals surface area contributed by atoms with Gasteiger partial charge in [-0.3, -0.25) is 4.79 Å². The van der Waals surface area contributed by atoms with E-state index >= 15 is 0 Å². The van der Waals surface area contributed by atoms with Crippen molar-refractivity contribution in [2.45, 2.75) is 11.4 Å². The molecule has 0 saturated carbocycles. The van der Waals surface area contributed by atoms with Crippen LogP contribution in [0, 0.1) is 0 Å². The van der Waals surface area contributed by atoms with Gasteiger partial charge in [-0.25, -0.2) is 4.68 Å². The van der Waals surface area contributed by atoms with Crippen LogP contribution in [0.1, 0.15) is 16.1 Å². The molecule has 4 N–H and O–H groups in total. The maximum Gasteiger partial charge on any atom is 0.269 e. The minimum Gasteiger partial charge on any atom is -0.364 e. The van der Waals surface area contributed by atoms with Crippen LogP contribution in [0.3, 0.4) is 0 Å². The summed E-state index contributed by atoms with van der Waals surface area (Å²) in [5.41, 5.74) is 13.1. The fourth-order valence-electron chi connectivity index (χ4n) is 1.75. The number of thioether (sulfide) groups is 1. The Bertz CT molecular complexity index is 579. The van der Waals surface area contributed by atoms with Crippen LogP contribution in [0.25, 0.3) is 5.69 Å². The number of aromatic nitrogens is 2. The van der Waals surface area contributed by atoms with Crippen molar-refractivity contribution in [3.8, 4) is 5.69 Å². The second kappa shape index (κ2) is 5.24. The van der Waals surface area contributed by atoms with E-state index in [4.69, 9.17) is 11.5 Å². The number of primary amides is 1. The number of amides is 1. The lowest BCUT2D eigenvalue weighted by Gasteiger charge is -2.11. The third-order valence-corrected chi connectivity index (χ3v) is 3.44. The summed E-state index contributed by atoms with van der Waals surface area (Å²) in [5, 5.41) is 4.14. The van der Waals surface area contributed by atoms with Gasteiger partial charge in [0.15, 0.2) is 0 Å². The zero-order chi connectivity index (χ0) is 13.1. The van der Waals surface area contributed by atoms with Crippen LogP contribution >= 0.6 is 11.8 Å². The molecular formula is C12H14N4OS. The molecule has 0 fully saturated rings. The summed E-state index contributed by atoms with van der Waals surface area (Å²) in [4.78, 5) is 12.1. The van der Waals surface area contributed by atoms with Gasteiger partial charge in [0.25, 0.3) is 5.91 Å². The molecule has 1 aromatic heterocycles. The number of nitrogens with two attached hydrogens (primary N) is 2. The van der Waals surface area contributed by atoms with Gasteiger partial charge in [0, 0.05) is 23.2 Å². The van der Waals surface area contributed by atoms with Gasteiger partial charge in [-0.15, -0.1) is 11.8 Å². The van der Waals surface area contributed by atoms with E-state index in [1.54, 1.807) is 28.7 Å². The van der Waals surface area contributed by atoms with Crippen LogP contribution in [0.15, 0.2) is 35.4 Å². The molecule has 94 valence electrons. The number of benzene rings is 1. The fourth-order valence-corrected chi connectivity index (χ4v) is 2.40.